The molecule has 0 bridgehead atoms. The average Bonchev–Trinajstić information content (AvgIpc) is 3.43. The number of thiazole rings is 1. The lowest BCUT2D eigenvalue weighted by molar-refractivity contribution is -0.125. The summed E-state index contributed by atoms with van der Waals surface area (Å²) in [5.41, 5.74) is 3.87. The summed E-state index contributed by atoms with van der Waals surface area (Å²) in [5.74, 6) is 0.900. The Kier molecular flexibility index (Phi) is 6.12. The lowest BCUT2D eigenvalue weighted by Crippen LogP contribution is -2.38. The number of ether oxygens (including phenoxy) is 2. The van der Waals surface area contributed by atoms with Gasteiger partial charge in [-0.15, -0.1) is 11.3 Å². The van der Waals surface area contributed by atoms with Gasteiger partial charge in [-0.05, 0) is 42.3 Å². The molecule has 1 aromatic heterocycles. The molecule has 2 heterocycles. The monoisotopic (exact) mass is 465 g/mol. The highest BCUT2D eigenvalue weighted by atomic mass is 32.1. The zero-order valence-corrected chi connectivity index (χ0v) is 20.2. The molecule has 2 aromatic carbocycles. The van der Waals surface area contributed by atoms with E-state index in [4.69, 9.17) is 9.47 Å². The minimum absolute atomic E-state index is 0.128. The second-order valence-corrected chi connectivity index (χ2v) is 9.72. The maximum absolute atomic E-state index is 12.7. The van der Waals surface area contributed by atoms with Crippen molar-refractivity contribution in [1.29, 1.82) is 0 Å². The molecule has 1 aliphatic rings. The molecule has 0 saturated carbocycles. The van der Waals surface area contributed by atoms with Crippen molar-refractivity contribution < 1.29 is 19.1 Å². The number of carbonyl (C=O) groups excluding carboxylic acids is 2. The van der Waals surface area contributed by atoms with Crippen LogP contribution in [0, 0.1) is 5.41 Å². The molecule has 172 valence electrons. The first-order valence-electron chi connectivity index (χ1n) is 10.7. The highest BCUT2D eigenvalue weighted by molar-refractivity contribution is 7.14. The quantitative estimate of drug-likeness (QED) is 0.573. The van der Waals surface area contributed by atoms with Gasteiger partial charge in [-0.3, -0.25) is 14.9 Å². The molecule has 33 heavy (non-hydrogen) atoms. The van der Waals surface area contributed by atoms with Gasteiger partial charge in [-0.1, -0.05) is 26.8 Å². The summed E-state index contributed by atoms with van der Waals surface area (Å²) in [4.78, 5) is 31.9. The van der Waals surface area contributed by atoms with E-state index in [9.17, 15) is 9.59 Å². The minimum Gasteiger partial charge on any atom is -0.493 e. The van der Waals surface area contributed by atoms with Crippen LogP contribution in [0.5, 0.6) is 11.5 Å². The molecular weight excluding hydrogens is 438 g/mol. The number of amides is 2. The Hall–Kier alpha value is -3.39. The number of hydrogen-bond donors (Lipinski definition) is 1. The molecule has 0 radical (unpaired) electrons. The van der Waals surface area contributed by atoms with Crippen molar-refractivity contribution in [2.24, 2.45) is 5.41 Å². The molecule has 7 nitrogen and oxygen atoms in total. The summed E-state index contributed by atoms with van der Waals surface area (Å²) in [5, 5.41) is 5.27. The Morgan fingerprint density at radius 1 is 1.06 bits per heavy atom. The Bertz CT molecular complexity index is 1210. The molecule has 2 amide bonds. The highest BCUT2D eigenvalue weighted by Crippen LogP contribution is 2.36. The lowest BCUT2D eigenvalue weighted by atomic mass is 9.94. The summed E-state index contributed by atoms with van der Waals surface area (Å²) >= 11 is 1.36. The maximum Gasteiger partial charge on any atom is 0.257 e. The van der Waals surface area contributed by atoms with Crippen LogP contribution < -0.4 is 19.7 Å². The Morgan fingerprint density at radius 2 is 1.82 bits per heavy atom. The van der Waals surface area contributed by atoms with Gasteiger partial charge in [0.05, 0.1) is 19.9 Å². The Morgan fingerprint density at radius 3 is 2.52 bits per heavy atom. The molecule has 0 spiro atoms. The number of rotatable bonds is 5. The van der Waals surface area contributed by atoms with Gasteiger partial charge in [0, 0.05) is 34.2 Å². The fourth-order valence-corrected chi connectivity index (χ4v) is 4.50. The number of fused-ring (bicyclic) bond motifs is 1. The van der Waals surface area contributed by atoms with Crippen LogP contribution in [0.1, 0.15) is 36.7 Å². The van der Waals surface area contributed by atoms with Crippen molar-refractivity contribution in [3.05, 3.63) is 52.9 Å². The van der Waals surface area contributed by atoms with E-state index in [0.29, 0.717) is 28.7 Å². The normalized spacial score (nSPS) is 12.9. The summed E-state index contributed by atoms with van der Waals surface area (Å²) in [7, 11) is 3.08. The van der Waals surface area contributed by atoms with Gasteiger partial charge >= 0.3 is 0 Å². The molecule has 1 N–H and O–H groups in total. The summed E-state index contributed by atoms with van der Waals surface area (Å²) in [6, 6.07) is 11.0. The topological polar surface area (TPSA) is 80.8 Å². The number of hydrogen-bond acceptors (Lipinski definition) is 6. The van der Waals surface area contributed by atoms with Crippen LogP contribution in [0.3, 0.4) is 0 Å². The van der Waals surface area contributed by atoms with Crippen molar-refractivity contribution >= 4 is 34.0 Å². The first-order valence-corrected chi connectivity index (χ1v) is 11.5. The van der Waals surface area contributed by atoms with Crippen LogP contribution in [0.2, 0.25) is 0 Å². The molecule has 4 rings (SSSR count). The smallest absolute Gasteiger partial charge is 0.257 e. The zero-order valence-electron chi connectivity index (χ0n) is 19.4. The van der Waals surface area contributed by atoms with Gasteiger partial charge < -0.3 is 14.4 Å². The second kappa shape index (κ2) is 8.86. The van der Waals surface area contributed by atoms with Crippen LogP contribution in [0.25, 0.3) is 11.3 Å². The zero-order chi connectivity index (χ0) is 23.8. The molecule has 0 aliphatic carbocycles. The third-order valence-electron chi connectivity index (χ3n) is 5.53. The molecule has 0 fully saturated rings. The van der Waals surface area contributed by atoms with Crippen LogP contribution in [-0.4, -0.2) is 37.6 Å². The molecular formula is C25H27N3O4S. The molecule has 8 heteroatoms. The third-order valence-corrected chi connectivity index (χ3v) is 6.29. The van der Waals surface area contributed by atoms with Gasteiger partial charge in [0.1, 0.15) is 0 Å². The molecule has 0 saturated heterocycles. The predicted octanol–water partition coefficient (Wildman–Crippen LogP) is 5.01. The number of nitrogens with one attached hydrogen (secondary N) is 1. The van der Waals surface area contributed by atoms with E-state index in [1.54, 1.807) is 25.3 Å². The SMILES string of the molecule is COc1ccc(C(=O)Nc2nc(-c3ccc4c(c3)CCN4C(=O)C(C)(C)C)cs2)cc1OC. The maximum atomic E-state index is 12.7. The number of methoxy groups -OCH3 is 2. The number of benzene rings is 2. The van der Waals surface area contributed by atoms with Crippen LogP contribution >= 0.6 is 11.3 Å². The highest BCUT2D eigenvalue weighted by Gasteiger charge is 2.32. The summed E-state index contributed by atoms with van der Waals surface area (Å²) in [6.07, 6.45) is 0.817. The van der Waals surface area contributed by atoms with E-state index in [-0.39, 0.29) is 11.8 Å². The summed E-state index contributed by atoms with van der Waals surface area (Å²) in [6.45, 7) is 6.51. The fraction of sp³-hybridized carbons (Fsp3) is 0.320. The first-order chi connectivity index (χ1) is 15.7. The van der Waals surface area contributed by atoms with Gasteiger partial charge in [0.25, 0.3) is 5.91 Å². The Labute approximate surface area is 197 Å². The van der Waals surface area contributed by atoms with Gasteiger partial charge in [-0.25, -0.2) is 4.98 Å². The van der Waals surface area contributed by atoms with Gasteiger partial charge in [-0.2, -0.15) is 0 Å². The van der Waals surface area contributed by atoms with Crippen LogP contribution in [0.4, 0.5) is 10.8 Å². The van der Waals surface area contributed by atoms with Crippen molar-refractivity contribution in [3.8, 4) is 22.8 Å². The third kappa shape index (κ3) is 4.57. The second-order valence-electron chi connectivity index (χ2n) is 8.86. The molecule has 1 aliphatic heterocycles. The van der Waals surface area contributed by atoms with E-state index in [2.05, 4.69) is 16.4 Å². The average molecular weight is 466 g/mol. The minimum atomic E-state index is -0.420. The van der Waals surface area contributed by atoms with Crippen LogP contribution in [0.15, 0.2) is 41.8 Å². The largest absolute Gasteiger partial charge is 0.493 e. The fourth-order valence-electron chi connectivity index (χ4n) is 3.79. The predicted molar refractivity (Wildman–Crippen MR) is 131 cm³/mol. The van der Waals surface area contributed by atoms with Crippen molar-refractivity contribution in [1.82, 2.24) is 4.98 Å². The van der Waals surface area contributed by atoms with E-state index in [1.165, 1.54) is 18.4 Å². The van der Waals surface area contributed by atoms with Crippen molar-refractivity contribution in [2.45, 2.75) is 27.2 Å². The van der Waals surface area contributed by atoms with E-state index in [0.717, 1.165) is 28.9 Å². The number of aromatic nitrogens is 1. The van der Waals surface area contributed by atoms with E-state index in [1.807, 2.05) is 43.2 Å². The Balaban J connectivity index is 1.50. The van der Waals surface area contributed by atoms with Gasteiger partial charge in [0.15, 0.2) is 16.6 Å². The van der Waals surface area contributed by atoms with Crippen molar-refractivity contribution in [3.63, 3.8) is 0 Å². The standard InChI is InChI=1S/C25H27N3O4S/c1-25(2,3)23(30)28-11-10-16-12-15(6-8-19(16)28)18-14-33-24(26-18)27-22(29)17-7-9-20(31-4)21(13-17)32-5/h6-9,12-14H,10-11H2,1-5H3,(H,26,27,29). The van der Waals surface area contributed by atoms with E-state index < -0.39 is 5.41 Å². The van der Waals surface area contributed by atoms with Gasteiger partial charge in [0.2, 0.25) is 5.91 Å². The van der Waals surface area contributed by atoms with Crippen LogP contribution in [-0.2, 0) is 11.2 Å². The lowest BCUT2D eigenvalue weighted by Gasteiger charge is -2.26. The van der Waals surface area contributed by atoms with Crippen molar-refractivity contribution in [2.75, 3.05) is 31.0 Å². The molecule has 3 aromatic rings. The number of anilines is 2. The van der Waals surface area contributed by atoms with E-state index >= 15 is 0 Å². The molecule has 0 unspecified atom stereocenters. The summed E-state index contributed by atoms with van der Waals surface area (Å²) < 4.78 is 10.5. The first kappa shape index (κ1) is 22.8. The number of carbonyl (C=O) groups is 2. The molecule has 0 atom stereocenters. The number of nitrogens with zero attached hydrogens (tertiary/aromatic N) is 2.